The molecule has 1 saturated heterocycles. The van der Waals surface area contributed by atoms with Crippen LogP contribution in [0.2, 0.25) is 5.15 Å². The van der Waals surface area contributed by atoms with Crippen LogP contribution in [0.15, 0.2) is 30.3 Å². The van der Waals surface area contributed by atoms with Crippen LogP contribution in [0, 0.1) is 0 Å². The van der Waals surface area contributed by atoms with Crippen molar-refractivity contribution in [2.75, 3.05) is 13.1 Å². The molecular formula is C20H24ClN5O5. The highest BCUT2D eigenvalue weighted by Gasteiger charge is 2.34. The number of aromatic nitrogens is 2. The van der Waals surface area contributed by atoms with Gasteiger partial charge in [0.2, 0.25) is 0 Å². The predicted molar refractivity (Wildman–Crippen MR) is 112 cm³/mol. The largest absolute Gasteiger partial charge is 0.465 e. The Balaban J connectivity index is 1.64. The summed E-state index contributed by atoms with van der Waals surface area (Å²) in [5, 5.41) is 15.0. The van der Waals surface area contributed by atoms with E-state index < -0.39 is 30.2 Å². The fourth-order valence-electron chi connectivity index (χ4n) is 3.33. The van der Waals surface area contributed by atoms with E-state index in [9.17, 15) is 19.5 Å². The lowest BCUT2D eigenvalue weighted by molar-refractivity contribution is 0.0834. The van der Waals surface area contributed by atoms with E-state index in [0.717, 1.165) is 5.56 Å². The van der Waals surface area contributed by atoms with Crippen LogP contribution in [0.4, 0.5) is 9.59 Å². The zero-order valence-electron chi connectivity index (χ0n) is 16.9. The first-order valence-electron chi connectivity index (χ1n) is 9.87. The molecule has 3 amide bonds. The minimum atomic E-state index is -1.10. The number of hydrogen-bond donors (Lipinski definition) is 4. The number of nitrogens with zero attached hydrogens (tertiary/aromatic N) is 2. The van der Waals surface area contributed by atoms with Crippen molar-refractivity contribution in [1.29, 1.82) is 0 Å². The smallest absolute Gasteiger partial charge is 0.407 e. The summed E-state index contributed by atoms with van der Waals surface area (Å²) in [6.45, 7) is 2.18. The van der Waals surface area contributed by atoms with Crippen LogP contribution in [0.3, 0.4) is 0 Å². The number of nitrogens with one attached hydrogen (secondary N) is 3. The van der Waals surface area contributed by atoms with Crippen molar-refractivity contribution in [1.82, 2.24) is 25.5 Å². The summed E-state index contributed by atoms with van der Waals surface area (Å²) in [5.41, 5.74) is 1.46. The molecule has 166 valence electrons. The molecule has 10 nitrogen and oxygen atoms in total. The Bertz CT molecular complexity index is 935. The summed E-state index contributed by atoms with van der Waals surface area (Å²) >= 11 is 6.00. The molecule has 1 aromatic carbocycles. The van der Waals surface area contributed by atoms with Gasteiger partial charge in [-0.2, -0.15) is 0 Å². The maximum atomic E-state index is 12.6. The van der Waals surface area contributed by atoms with Gasteiger partial charge in [0.25, 0.3) is 5.91 Å². The summed E-state index contributed by atoms with van der Waals surface area (Å²) < 4.78 is 5.23. The number of piperidine rings is 1. The summed E-state index contributed by atoms with van der Waals surface area (Å²) in [6.07, 6.45) is -0.890. The highest BCUT2D eigenvalue weighted by atomic mass is 35.5. The molecule has 1 aliphatic rings. The number of aromatic amines is 1. The van der Waals surface area contributed by atoms with Gasteiger partial charge in [0, 0.05) is 13.1 Å². The number of ether oxygens (including phenoxy) is 1. The highest BCUT2D eigenvalue weighted by molar-refractivity contribution is 6.30. The fourth-order valence-corrected chi connectivity index (χ4v) is 3.59. The lowest BCUT2D eigenvalue weighted by atomic mass is 9.99. The Morgan fingerprint density at radius 2 is 2.00 bits per heavy atom. The van der Waals surface area contributed by atoms with Crippen LogP contribution in [0.5, 0.6) is 0 Å². The SMILES string of the molecule is CCc1[nH]c(C(=O)NC2CCN(C(=O)O)CC2NC(=O)OCc2ccccc2)nc1Cl. The van der Waals surface area contributed by atoms with Gasteiger partial charge in [-0.3, -0.25) is 4.79 Å². The zero-order valence-corrected chi connectivity index (χ0v) is 17.7. The average Bonchev–Trinajstić information content (AvgIpc) is 3.15. The number of likely N-dealkylation sites (tertiary alicyclic amines) is 1. The number of rotatable bonds is 6. The molecule has 0 radical (unpaired) electrons. The second-order valence-electron chi connectivity index (χ2n) is 7.12. The third kappa shape index (κ3) is 5.88. The van der Waals surface area contributed by atoms with Gasteiger partial charge in [-0.15, -0.1) is 0 Å². The van der Waals surface area contributed by atoms with Crippen LogP contribution in [0.25, 0.3) is 0 Å². The Morgan fingerprint density at radius 3 is 2.65 bits per heavy atom. The summed E-state index contributed by atoms with van der Waals surface area (Å²) in [5.74, 6) is -0.423. The molecule has 2 atom stereocenters. The number of carboxylic acid groups (broad SMARTS) is 1. The molecular weight excluding hydrogens is 426 g/mol. The van der Waals surface area contributed by atoms with E-state index >= 15 is 0 Å². The zero-order chi connectivity index (χ0) is 22.4. The van der Waals surface area contributed by atoms with E-state index in [1.54, 1.807) is 0 Å². The van der Waals surface area contributed by atoms with Gasteiger partial charge in [0.05, 0.1) is 17.8 Å². The summed E-state index contributed by atoms with van der Waals surface area (Å²) in [6, 6.07) is 7.98. The first-order chi connectivity index (χ1) is 14.9. The third-order valence-electron chi connectivity index (χ3n) is 5.01. The van der Waals surface area contributed by atoms with Gasteiger partial charge >= 0.3 is 12.2 Å². The summed E-state index contributed by atoms with van der Waals surface area (Å²) in [4.78, 5) is 44.4. The Kier molecular flexibility index (Phi) is 7.35. The monoisotopic (exact) mass is 449 g/mol. The lowest BCUT2D eigenvalue weighted by Gasteiger charge is -2.37. The van der Waals surface area contributed by atoms with Crippen molar-refractivity contribution in [3.05, 3.63) is 52.6 Å². The number of hydrogen-bond acceptors (Lipinski definition) is 5. The standard InChI is InChI=1S/C20H24ClN5O5/c1-2-13-16(21)25-17(22-13)18(27)23-14-8-9-26(20(29)30)10-15(14)24-19(28)31-11-12-6-4-3-5-7-12/h3-7,14-15H,2,8-11H2,1H3,(H,22,25)(H,23,27)(H,24,28)(H,29,30). The number of alkyl carbamates (subject to hydrolysis) is 1. The minimum absolute atomic E-state index is 0.0137. The van der Waals surface area contributed by atoms with Crippen molar-refractivity contribution in [2.24, 2.45) is 0 Å². The molecule has 1 aliphatic heterocycles. The molecule has 3 rings (SSSR count). The second-order valence-corrected chi connectivity index (χ2v) is 7.48. The van der Waals surface area contributed by atoms with Crippen LogP contribution in [-0.4, -0.2) is 63.2 Å². The number of H-pyrrole nitrogens is 1. The van der Waals surface area contributed by atoms with E-state index in [4.69, 9.17) is 16.3 Å². The molecule has 1 fully saturated rings. The van der Waals surface area contributed by atoms with Gasteiger partial charge in [-0.1, -0.05) is 48.9 Å². The van der Waals surface area contributed by atoms with Crippen LogP contribution in [0.1, 0.15) is 35.2 Å². The van der Waals surface area contributed by atoms with Gasteiger partial charge in [-0.25, -0.2) is 14.6 Å². The van der Waals surface area contributed by atoms with Crippen molar-refractivity contribution in [3.8, 4) is 0 Å². The molecule has 1 aromatic heterocycles. The van der Waals surface area contributed by atoms with Crippen LogP contribution >= 0.6 is 11.6 Å². The molecule has 0 spiro atoms. The minimum Gasteiger partial charge on any atom is -0.465 e. The number of carbonyl (C=O) groups is 3. The first-order valence-corrected chi connectivity index (χ1v) is 10.3. The molecule has 4 N–H and O–H groups in total. The van der Waals surface area contributed by atoms with Crippen molar-refractivity contribution >= 4 is 29.7 Å². The number of halogens is 1. The van der Waals surface area contributed by atoms with Crippen molar-refractivity contribution in [2.45, 2.75) is 38.5 Å². The van der Waals surface area contributed by atoms with E-state index in [2.05, 4.69) is 20.6 Å². The molecule has 11 heteroatoms. The molecule has 2 unspecified atom stereocenters. The molecule has 0 saturated carbocycles. The number of benzene rings is 1. The normalized spacial score (nSPS) is 18.3. The maximum absolute atomic E-state index is 12.6. The Labute approximate surface area is 183 Å². The lowest BCUT2D eigenvalue weighted by Crippen LogP contribution is -2.61. The van der Waals surface area contributed by atoms with Crippen molar-refractivity contribution < 1.29 is 24.2 Å². The second kappa shape index (κ2) is 10.2. The Hall–Kier alpha value is -3.27. The van der Waals surface area contributed by atoms with Crippen LogP contribution in [-0.2, 0) is 17.8 Å². The van der Waals surface area contributed by atoms with Crippen LogP contribution < -0.4 is 10.6 Å². The van der Waals surface area contributed by atoms with Gasteiger partial charge in [0.1, 0.15) is 6.61 Å². The maximum Gasteiger partial charge on any atom is 0.407 e. The molecule has 2 heterocycles. The number of carbonyl (C=O) groups excluding carboxylic acids is 2. The quantitative estimate of drug-likeness (QED) is 0.534. The van der Waals surface area contributed by atoms with Gasteiger partial charge < -0.3 is 30.4 Å². The highest BCUT2D eigenvalue weighted by Crippen LogP contribution is 2.16. The molecule has 0 aliphatic carbocycles. The molecule has 0 bridgehead atoms. The average molecular weight is 450 g/mol. The fraction of sp³-hybridized carbons (Fsp3) is 0.400. The van der Waals surface area contributed by atoms with Crippen molar-refractivity contribution in [3.63, 3.8) is 0 Å². The van der Waals surface area contributed by atoms with Gasteiger partial charge in [0.15, 0.2) is 11.0 Å². The van der Waals surface area contributed by atoms with Gasteiger partial charge in [-0.05, 0) is 18.4 Å². The molecule has 31 heavy (non-hydrogen) atoms. The topological polar surface area (TPSA) is 137 Å². The van der Waals surface area contributed by atoms with E-state index in [0.29, 0.717) is 18.5 Å². The Morgan fingerprint density at radius 1 is 1.26 bits per heavy atom. The third-order valence-corrected chi connectivity index (χ3v) is 5.33. The number of imidazole rings is 1. The summed E-state index contributed by atoms with van der Waals surface area (Å²) in [7, 11) is 0. The van der Waals surface area contributed by atoms with E-state index in [1.165, 1.54) is 4.90 Å². The van der Waals surface area contributed by atoms with E-state index in [1.807, 2.05) is 37.3 Å². The predicted octanol–water partition coefficient (Wildman–Crippen LogP) is 2.40. The molecule has 2 aromatic rings. The van der Waals surface area contributed by atoms with E-state index in [-0.39, 0.29) is 30.7 Å². The first kappa shape index (κ1) is 22.4. The number of aryl methyl sites for hydroxylation is 1. The number of amides is 3.